The largest absolute Gasteiger partial charge is 0.379 e. The van der Waals surface area contributed by atoms with Gasteiger partial charge in [-0.25, -0.2) is 4.98 Å². The molecule has 1 aliphatic heterocycles. The molecule has 1 saturated heterocycles. The van der Waals surface area contributed by atoms with Crippen molar-refractivity contribution in [2.75, 3.05) is 45.9 Å². The smallest absolute Gasteiger partial charge is 0.225 e. The van der Waals surface area contributed by atoms with E-state index in [2.05, 4.69) is 57.0 Å². The molecule has 3 aromatic rings. The molecule has 0 unspecified atom stereocenters. The van der Waals surface area contributed by atoms with Gasteiger partial charge in [0, 0.05) is 67.9 Å². The number of carbonyl (C=O) groups excluding carboxylic acids is 1. The summed E-state index contributed by atoms with van der Waals surface area (Å²) < 4.78 is 7.71. The van der Waals surface area contributed by atoms with Gasteiger partial charge >= 0.3 is 0 Å². The van der Waals surface area contributed by atoms with Gasteiger partial charge in [0.15, 0.2) is 4.96 Å². The molecule has 2 aromatic heterocycles. The van der Waals surface area contributed by atoms with Crippen molar-refractivity contribution in [1.82, 2.24) is 19.2 Å². The maximum Gasteiger partial charge on any atom is 0.225 e. The molecule has 1 saturated carbocycles. The van der Waals surface area contributed by atoms with E-state index in [0.717, 1.165) is 81.4 Å². The Morgan fingerprint density at radius 1 is 1.12 bits per heavy atom. The predicted octanol–water partition coefficient (Wildman–Crippen LogP) is 4.65. The van der Waals surface area contributed by atoms with Crippen molar-refractivity contribution in [2.45, 2.75) is 45.4 Å². The molecule has 0 radical (unpaired) electrons. The summed E-state index contributed by atoms with van der Waals surface area (Å²) in [6, 6.07) is 8.54. The van der Waals surface area contributed by atoms with Crippen LogP contribution < -0.4 is 0 Å². The lowest BCUT2D eigenvalue weighted by Gasteiger charge is -2.33. The molecule has 0 N–H and O–H groups in total. The molecule has 0 spiro atoms. The third-order valence-electron chi connectivity index (χ3n) is 7.32. The Hall–Kier alpha value is -2.22. The average Bonchev–Trinajstić information content (AvgIpc) is 3.47. The summed E-state index contributed by atoms with van der Waals surface area (Å²) in [6.07, 6.45) is 8.76. The molecule has 0 bridgehead atoms. The highest BCUT2D eigenvalue weighted by atomic mass is 32.1. The number of hydrogen-bond acceptors (Lipinski definition) is 5. The van der Waals surface area contributed by atoms with Crippen molar-refractivity contribution >= 4 is 22.2 Å². The molecule has 2 aliphatic rings. The minimum Gasteiger partial charge on any atom is -0.379 e. The van der Waals surface area contributed by atoms with Gasteiger partial charge in [0.1, 0.15) is 0 Å². The van der Waals surface area contributed by atoms with Crippen molar-refractivity contribution in [1.29, 1.82) is 0 Å². The second-order valence-electron chi connectivity index (χ2n) is 9.74. The van der Waals surface area contributed by atoms with E-state index in [-0.39, 0.29) is 5.92 Å². The van der Waals surface area contributed by atoms with Crippen LogP contribution in [0.4, 0.5) is 0 Å². The number of fused-ring (bicyclic) bond motifs is 1. The van der Waals surface area contributed by atoms with Crippen LogP contribution in [0.25, 0.3) is 16.2 Å². The van der Waals surface area contributed by atoms with Crippen molar-refractivity contribution in [3.05, 3.63) is 47.1 Å². The SMILES string of the molecule is Cc1ccc(-c2cn3c(CCN(CCN4CCOCC4)C(=O)C4CCCCC4)csc3n2)cc1. The maximum absolute atomic E-state index is 13.5. The number of ether oxygens (including phenoxy) is 1. The summed E-state index contributed by atoms with van der Waals surface area (Å²) in [7, 11) is 0. The zero-order valence-electron chi connectivity index (χ0n) is 20.2. The van der Waals surface area contributed by atoms with Gasteiger partial charge in [0.2, 0.25) is 5.91 Å². The van der Waals surface area contributed by atoms with E-state index in [1.165, 1.54) is 30.5 Å². The Morgan fingerprint density at radius 3 is 2.65 bits per heavy atom. The summed E-state index contributed by atoms with van der Waals surface area (Å²) in [6.45, 7) is 8.14. The molecule has 3 heterocycles. The van der Waals surface area contributed by atoms with E-state index < -0.39 is 0 Å². The van der Waals surface area contributed by atoms with Gasteiger partial charge in [-0.2, -0.15) is 0 Å². The van der Waals surface area contributed by atoms with Crippen molar-refractivity contribution in [3.63, 3.8) is 0 Å². The molecular weight excluding hydrogens is 444 g/mol. The number of benzene rings is 1. The number of thiazole rings is 1. The van der Waals surface area contributed by atoms with Gasteiger partial charge in [-0.3, -0.25) is 14.1 Å². The average molecular weight is 481 g/mol. The summed E-state index contributed by atoms with van der Waals surface area (Å²) in [4.78, 5) is 23.9. The van der Waals surface area contributed by atoms with Gasteiger partial charge in [0.25, 0.3) is 0 Å². The summed E-state index contributed by atoms with van der Waals surface area (Å²) >= 11 is 1.68. The van der Waals surface area contributed by atoms with Gasteiger partial charge in [-0.1, -0.05) is 49.1 Å². The first-order valence-corrected chi connectivity index (χ1v) is 13.7. The third-order valence-corrected chi connectivity index (χ3v) is 8.21. The third kappa shape index (κ3) is 5.53. The zero-order valence-corrected chi connectivity index (χ0v) is 21.1. The molecule has 2 fully saturated rings. The van der Waals surface area contributed by atoms with Crippen molar-refractivity contribution < 1.29 is 9.53 Å². The summed E-state index contributed by atoms with van der Waals surface area (Å²) in [5.41, 5.74) is 4.64. The van der Waals surface area contributed by atoms with Gasteiger partial charge in [0.05, 0.1) is 18.9 Å². The van der Waals surface area contributed by atoms with Crippen LogP contribution in [0.3, 0.4) is 0 Å². The van der Waals surface area contributed by atoms with Crippen LogP contribution in [0.2, 0.25) is 0 Å². The van der Waals surface area contributed by atoms with Gasteiger partial charge in [-0.05, 0) is 19.8 Å². The van der Waals surface area contributed by atoms with Crippen LogP contribution in [0.15, 0.2) is 35.8 Å². The number of nitrogens with zero attached hydrogens (tertiary/aromatic N) is 4. The minimum absolute atomic E-state index is 0.210. The first-order valence-electron chi connectivity index (χ1n) is 12.8. The first-order chi connectivity index (χ1) is 16.7. The number of rotatable bonds is 8. The quantitative estimate of drug-likeness (QED) is 0.471. The number of imidazole rings is 1. The lowest BCUT2D eigenvalue weighted by Crippen LogP contribution is -2.45. The zero-order chi connectivity index (χ0) is 23.3. The van der Waals surface area contributed by atoms with Gasteiger partial charge in [-0.15, -0.1) is 11.3 Å². The number of hydrogen-bond donors (Lipinski definition) is 0. The number of amides is 1. The van der Waals surface area contributed by atoms with E-state index in [4.69, 9.17) is 9.72 Å². The lowest BCUT2D eigenvalue weighted by molar-refractivity contribution is -0.136. The number of morpholine rings is 1. The highest BCUT2D eigenvalue weighted by Crippen LogP contribution is 2.27. The predicted molar refractivity (Wildman–Crippen MR) is 137 cm³/mol. The number of carbonyl (C=O) groups is 1. The van der Waals surface area contributed by atoms with Crippen molar-refractivity contribution in [2.24, 2.45) is 5.92 Å². The molecule has 5 rings (SSSR count). The molecule has 182 valence electrons. The first kappa shape index (κ1) is 23.5. The maximum atomic E-state index is 13.5. The molecule has 0 atom stereocenters. The Balaban J connectivity index is 1.28. The van der Waals surface area contributed by atoms with Crippen LogP contribution in [0.1, 0.15) is 43.4 Å². The van der Waals surface area contributed by atoms with Crippen LogP contribution in [-0.2, 0) is 16.0 Å². The van der Waals surface area contributed by atoms with E-state index in [1.54, 1.807) is 11.3 Å². The topological polar surface area (TPSA) is 50.1 Å². The second kappa shape index (κ2) is 11.0. The standard InChI is InChI=1S/C27H36N4O2S/c1-21-7-9-22(10-8-21)25-19-31-24(20-34-27(31)28-25)11-12-30(14-13-29-15-17-33-18-16-29)26(32)23-5-3-2-4-6-23/h7-10,19-20,23H,2-6,11-18H2,1H3. The summed E-state index contributed by atoms with van der Waals surface area (Å²) in [5, 5.41) is 2.20. The molecule has 1 aliphatic carbocycles. The van der Waals surface area contributed by atoms with Crippen LogP contribution >= 0.6 is 11.3 Å². The monoisotopic (exact) mass is 480 g/mol. The molecule has 34 heavy (non-hydrogen) atoms. The summed E-state index contributed by atoms with van der Waals surface area (Å²) in [5.74, 6) is 0.577. The molecule has 7 heteroatoms. The normalized spacial score (nSPS) is 17.9. The number of aryl methyl sites for hydroxylation is 1. The fourth-order valence-corrected chi connectivity index (χ4v) is 6.06. The minimum atomic E-state index is 0.210. The highest BCUT2D eigenvalue weighted by molar-refractivity contribution is 7.15. The lowest BCUT2D eigenvalue weighted by atomic mass is 9.88. The Bertz CT molecular complexity index is 1080. The van der Waals surface area contributed by atoms with E-state index >= 15 is 0 Å². The van der Waals surface area contributed by atoms with Gasteiger partial charge < -0.3 is 9.64 Å². The van der Waals surface area contributed by atoms with E-state index in [1.807, 2.05) is 0 Å². The Kier molecular flexibility index (Phi) is 7.62. The number of aromatic nitrogens is 2. The van der Waals surface area contributed by atoms with Crippen LogP contribution in [-0.4, -0.2) is 71.0 Å². The van der Waals surface area contributed by atoms with Crippen LogP contribution in [0, 0.1) is 12.8 Å². The Labute approximate surface area is 206 Å². The van der Waals surface area contributed by atoms with E-state index in [9.17, 15) is 4.79 Å². The molecule has 1 aromatic carbocycles. The molecule has 1 amide bonds. The van der Waals surface area contributed by atoms with Crippen LogP contribution in [0.5, 0.6) is 0 Å². The highest BCUT2D eigenvalue weighted by Gasteiger charge is 2.26. The second-order valence-corrected chi connectivity index (χ2v) is 10.6. The van der Waals surface area contributed by atoms with Crippen molar-refractivity contribution in [3.8, 4) is 11.3 Å². The molecular formula is C27H36N4O2S. The molecule has 6 nitrogen and oxygen atoms in total. The fraction of sp³-hybridized carbons (Fsp3) is 0.556. The fourth-order valence-electron chi connectivity index (χ4n) is 5.15. The van der Waals surface area contributed by atoms with E-state index in [0.29, 0.717) is 5.91 Å². The Morgan fingerprint density at radius 2 is 1.88 bits per heavy atom.